The van der Waals surface area contributed by atoms with Crippen LogP contribution < -0.4 is 11.1 Å². The second-order valence-corrected chi connectivity index (χ2v) is 4.57. The lowest BCUT2D eigenvalue weighted by Crippen LogP contribution is -2.54. The van der Waals surface area contributed by atoms with Gasteiger partial charge in [0.05, 0.1) is 0 Å². The number of carbonyl (C=O) groups excluding carboxylic acids is 2. The molecule has 1 saturated carbocycles. The molecule has 0 aromatic carbocycles. The molecule has 1 rings (SSSR count). The van der Waals surface area contributed by atoms with Crippen molar-refractivity contribution in [2.45, 2.75) is 25.7 Å². The topological polar surface area (TPSA) is 108 Å². The van der Waals surface area contributed by atoms with Gasteiger partial charge in [-0.3, -0.25) is 9.59 Å². The third-order valence-corrected chi connectivity index (χ3v) is 3.51. The fraction of sp³-hybridized carbons (Fsp3) is 0.727. The molecule has 4 N–H and O–H groups in total. The number of nitrogens with two attached hydrogens (primary N) is 1. The van der Waals surface area contributed by atoms with Gasteiger partial charge < -0.3 is 21.2 Å². The van der Waals surface area contributed by atoms with E-state index in [-0.39, 0.29) is 24.1 Å². The Kier molecular flexibility index (Phi) is 4.52. The fourth-order valence-electron chi connectivity index (χ4n) is 2.07. The van der Waals surface area contributed by atoms with Crippen molar-refractivity contribution in [2.24, 2.45) is 16.3 Å². The Morgan fingerprint density at radius 1 is 1.50 bits per heavy atom. The molecule has 0 aromatic rings. The molecule has 0 aromatic heterocycles. The van der Waals surface area contributed by atoms with Crippen molar-refractivity contribution in [3.8, 4) is 0 Å². The molecule has 7 heteroatoms. The average molecular weight is 256 g/mol. The number of nitrogens with one attached hydrogen (secondary N) is 1. The largest absolute Gasteiger partial charge is 0.409 e. The van der Waals surface area contributed by atoms with Gasteiger partial charge in [-0.05, 0) is 12.8 Å². The molecular formula is C11H20N4O3. The van der Waals surface area contributed by atoms with Gasteiger partial charge in [0.1, 0.15) is 5.41 Å². The number of hydrogen-bond donors (Lipinski definition) is 3. The summed E-state index contributed by atoms with van der Waals surface area (Å²) in [5, 5.41) is 14.2. The van der Waals surface area contributed by atoms with Gasteiger partial charge in [-0.2, -0.15) is 0 Å². The predicted octanol–water partition coefficient (Wildman–Crippen LogP) is -0.502. The van der Waals surface area contributed by atoms with E-state index in [1.807, 2.05) is 0 Å². The summed E-state index contributed by atoms with van der Waals surface area (Å²) in [4.78, 5) is 24.9. The SMILES string of the molecule is CNC(=O)CCN(C)C(=O)C1(C(N)=NO)CCC1. The number of rotatable bonds is 5. The molecule has 0 unspecified atom stereocenters. The summed E-state index contributed by atoms with van der Waals surface area (Å²) in [5.41, 5.74) is 4.74. The van der Waals surface area contributed by atoms with Crippen LogP contribution in [-0.2, 0) is 9.59 Å². The van der Waals surface area contributed by atoms with Gasteiger partial charge in [-0.25, -0.2) is 0 Å². The van der Waals surface area contributed by atoms with Crippen LogP contribution >= 0.6 is 0 Å². The second-order valence-electron chi connectivity index (χ2n) is 4.57. The van der Waals surface area contributed by atoms with Gasteiger partial charge in [0.2, 0.25) is 11.8 Å². The van der Waals surface area contributed by atoms with Crippen LogP contribution in [0.1, 0.15) is 25.7 Å². The molecule has 1 fully saturated rings. The van der Waals surface area contributed by atoms with E-state index < -0.39 is 5.41 Å². The minimum Gasteiger partial charge on any atom is -0.409 e. The van der Waals surface area contributed by atoms with Gasteiger partial charge in [-0.1, -0.05) is 11.6 Å². The minimum atomic E-state index is -0.869. The summed E-state index contributed by atoms with van der Waals surface area (Å²) in [6, 6.07) is 0. The highest BCUT2D eigenvalue weighted by Crippen LogP contribution is 2.42. The summed E-state index contributed by atoms with van der Waals surface area (Å²) < 4.78 is 0. The van der Waals surface area contributed by atoms with E-state index in [1.165, 1.54) is 4.90 Å². The van der Waals surface area contributed by atoms with Crippen molar-refractivity contribution in [1.82, 2.24) is 10.2 Å². The quantitative estimate of drug-likeness (QED) is 0.266. The van der Waals surface area contributed by atoms with Crippen molar-refractivity contribution in [2.75, 3.05) is 20.6 Å². The monoisotopic (exact) mass is 256 g/mol. The molecule has 7 nitrogen and oxygen atoms in total. The Labute approximate surface area is 106 Å². The minimum absolute atomic E-state index is 0.0365. The van der Waals surface area contributed by atoms with Crippen LogP contribution in [-0.4, -0.2) is 48.4 Å². The first-order chi connectivity index (χ1) is 8.47. The molecule has 0 bridgehead atoms. The molecule has 0 saturated heterocycles. The summed E-state index contributed by atoms with van der Waals surface area (Å²) in [6.45, 7) is 0.318. The van der Waals surface area contributed by atoms with Crippen LogP contribution in [0.25, 0.3) is 0 Å². The molecule has 2 amide bonds. The summed E-state index contributed by atoms with van der Waals surface area (Å²) in [6.07, 6.45) is 2.30. The van der Waals surface area contributed by atoms with Crippen LogP contribution in [0, 0.1) is 5.41 Å². The van der Waals surface area contributed by atoms with Crippen LogP contribution in [0.4, 0.5) is 0 Å². The van der Waals surface area contributed by atoms with Gasteiger partial charge in [-0.15, -0.1) is 0 Å². The van der Waals surface area contributed by atoms with E-state index in [0.717, 1.165) is 6.42 Å². The lowest BCUT2D eigenvalue weighted by molar-refractivity contribution is -0.141. The molecule has 1 aliphatic carbocycles. The van der Waals surface area contributed by atoms with E-state index in [9.17, 15) is 9.59 Å². The van der Waals surface area contributed by atoms with Gasteiger partial charge in [0.15, 0.2) is 5.84 Å². The Balaban J connectivity index is 2.65. The lowest BCUT2D eigenvalue weighted by atomic mass is 9.67. The maximum atomic E-state index is 12.3. The highest BCUT2D eigenvalue weighted by atomic mass is 16.4. The number of amides is 2. The fourth-order valence-corrected chi connectivity index (χ4v) is 2.07. The van der Waals surface area contributed by atoms with Crippen molar-refractivity contribution in [3.63, 3.8) is 0 Å². The highest BCUT2D eigenvalue weighted by molar-refractivity contribution is 6.07. The number of amidine groups is 1. The smallest absolute Gasteiger partial charge is 0.236 e. The summed E-state index contributed by atoms with van der Waals surface area (Å²) in [5.74, 6) is -0.348. The molecule has 1 aliphatic rings. The molecular weight excluding hydrogens is 236 g/mol. The molecule has 0 spiro atoms. The predicted molar refractivity (Wildman–Crippen MR) is 66.0 cm³/mol. The van der Waals surface area contributed by atoms with E-state index in [0.29, 0.717) is 19.4 Å². The third-order valence-electron chi connectivity index (χ3n) is 3.51. The number of carbonyl (C=O) groups is 2. The highest BCUT2D eigenvalue weighted by Gasteiger charge is 2.49. The first kappa shape index (κ1) is 14.3. The summed E-state index contributed by atoms with van der Waals surface area (Å²) in [7, 11) is 3.17. The number of oxime groups is 1. The molecule has 0 aliphatic heterocycles. The normalized spacial score (nSPS) is 17.8. The van der Waals surface area contributed by atoms with E-state index in [4.69, 9.17) is 10.9 Å². The zero-order valence-electron chi connectivity index (χ0n) is 10.8. The van der Waals surface area contributed by atoms with Crippen molar-refractivity contribution in [3.05, 3.63) is 0 Å². The zero-order valence-corrected chi connectivity index (χ0v) is 10.8. The van der Waals surface area contributed by atoms with E-state index in [1.54, 1.807) is 14.1 Å². The standard InChI is InChI=1S/C11H20N4O3/c1-13-8(16)4-7-15(2)10(17)11(5-3-6-11)9(12)14-18/h18H,3-7H2,1-2H3,(H2,12,14)(H,13,16). The molecule has 102 valence electrons. The first-order valence-corrected chi connectivity index (χ1v) is 5.92. The van der Waals surface area contributed by atoms with E-state index >= 15 is 0 Å². The Morgan fingerprint density at radius 3 is 2.50 bits per heavy atom. The maximum absolute atomic E-state index is 12.3. The Morgan fingerprint density at radius 2 is 2.11 bits per heavy atom. The van der Waals surface area contributed by atoms with Crippen LogP contribution in [0.2, 0.25) is 0 Å². The molecule has 0 heterocycles. The van der Waals surface area contributed by atoms with E-state index in [2.05, 4.69) is 10.5 Å². The average Bonchev–Trinajstić information content (AvgIpc) is 2.33. The van der Waals surface area contributed by atoms with Crippen LogP contribution in [0.5, 0.6) is 0 Å². The third kappa shape index (κ3) is 2.55. The van der Waals surface area contributed by atoms with Gasteiger partial charge >= 0.3 is 0 Å². The van der Waals surface area contributed by atoms with Gasteiger partial charge in [0, 0.05) is 27.1 Å². The summed E-state index contributed by atoms with van der Waals surface area (Å²) >= 11 is 0. The van der Waals surface area contributed by atoms with Crippen molar-refractivity contribution >= 4 is 17.6 Å². The number of nitrogens with zero attached hydrogens (tertiary/aromatic N) is 2. The Hall–Kier alpha value is -1.79. The Bertz CT molecular complexity index is 363. The number of hydrogen-bond acceptors (Lipinski definition) is 4. The second kappa shape index (κ2) is 5.70. The molecule has 0 atom stereocenters. The van der Waals surface area contributed by atoms with Crippen molar-refractivity contribution in [1.29, 1.82) is 0 Å². The van der Waals surface area contributed by atoms with Crippen molar-refractivity contribution < 1.29 is 14.8 Å². The maximum Gasteiger partial charge on any atom is 0.236 e. The van der Waals surface area contributed by atoms with Crippen LogP contribution in [0.3, 0.4) is 0 Å². The molecule has 0 radical (unpaired) electrons. The van der Waals surface area contributed by atoms with Gasteiger partial charge in [0.25, 0.3) is 0 Å². The first-order valence-electron chi connectivity index (χ1n) is 5.92. The lowest BCUT2D eigenvalue weighted by Gasteiger charge is -2.41. The zero-order chi connectivity index (χ0) is 13.8. The van der Waals surface area contributed by atoms with Crippen LogP contribution in [0.15, 0.2) is 5.16 Å². The molecule has 18 heavy (non-hydrogen) atoms.